The van der Waals surface area contributed by atoms with Crippen LogP contribution in [0.5, 0.6) is 5.75 Å². The summed E-state index contributed by atoms with van der Waals surface area (Å²) in [5.74, 6) is 2.72. The predicted molar refractivity (Wildman–Crippen MR) is 74.2 cm³/mol. The van der Waals surface area contributed by atoms with E-state index < -0.39 is 0 Å². The summed E-state index contributed by atoms with van der Waals surface area (Å²) < 4.78 is 6.20. The first-order chi connectivity index (χ1) is 8.67. The topological polar surface area (TPSA) is 50.4 Å². The summed E-state index contributed by atoms with van der Waals surface area (Å²) in [5.41, 5.74) is 1.13. The van der Waals surface area contributed by atoms with E-state index in [1.807, 2.05) is 25.2 Å². The molecule has 2 N–H and O–H groups in total. The number of amides is 1. The van der Waals surface area contributed by atoms with Crippen LogP contribution in [-0.4, -0.2) is 26.1 Å². The lowest BCUT2D eigenvalue weighted by molar-refractivity contribution is -0.122. The predicted octanol–water partition coefficient (Wildman–Crippen LogP) is 1.30. The smallest absolute Gasteiger partial charge is 0.258 e. The quantitative estimate of drug-likeness (QED) is 0.779. The summed E-state index contributed by atoms with van der Waals surface area (Å²) in [7, 11) is 1.88. The first-order valence-corrected chi connectivity index (χ1v) is 6.22. The minimum absolute atomic E-state index is 0.0499. The molecule has 0 spiro atoms. The number of carbonyl (C=O) groups is 1. The average molecular weight is 311 g/mol. The van der Waals surface area contributed by atoms with Gasteiger partial charge < -0.3 is 15.4 Å². The fraction of sp³-hybridized carbons (Fsp3) is 0.308. The number of terminal acetylenes is 1. The number of halogens is 1. The van der Waals surface area contributed by atoms with Crippen molar-refractivity contribution in [2.45, 2.75) is 6.54 Å². The van der Waals surface area contributed by atoms with Crippen LogP contribution in [0.15, 0.2) is 22.7 Å². The van der Waals surface area contributed by atoms with Gasteiger partial charge in [-0.3, -0.25) is 4.79 Å². The fourth-order valence-corrected chi connectivity index (χ4v) is 1.86. The monoisotopic (exact) mass is 310 g/mol. The molecule has 1 aromatic carbocycles. The molecular weight excluding hydrogens is 296 g/mol. The third-order valence-electron chi connectivity index (χ3n) is 2.12. The standard InChI is InChI=1S/C13H15BrN2O2/c1-3-6-16-13(17)9-18-12-5-4-10(8-15-2)7-11(12)14/h1,4-5,7,15H,6,8-9H2,2H3,(H,16,17). The van der Waals surface area contributed by atoms with Crippen LogP contribution in [0.4, 0.5) is 0 Å². The molecule has 0 bridgehead atoms. The molecule has 0 fully saturated rings. The highest BCUT2D eigenvalue weighted by atomic mass is 79.9. The van der Waals surface area contributed by atoms with Gasteiger partial charge >= 0.3 is 0 Å². The molecule has 1 amide bonds. The van der Waals surface area contributed by atoms with E-state index >= 15 is 0 Å². The number of hydrogen-bond donors (Lipinski definition) is 2. The molecule has 96 valence electrons. The van der Waals surface area contributed by atoms with Gasteiger partial charge in [-0.2, -0.15) is 0 Å². The minimum Gasteiger partial charge on any atom is -0.483 e. The van der Waals surface area contributed by atoms with Gasteiger partial charge in [0.15, 0.2) is 6.61 Å². The molecular formula is C13H15BrN2O2. The van der Waals surface area contributed by atoms with Crippen LogP contribution < -0.4 is 15.4 Å². The Hall–Kier alpha value is -1.51. The van der Waals surface area contributed by atoms with Crippen molar-refractivity contribution in [1.82, 2.24) is 10.6 Å². The van der Waals surface area contributed by atoms with E-state index in [0.29, 0.717) is 5.75 Å². The van der Waals surface area contributed by atoms with Crippen molar-refractivity contribution >= 4 is 21.8 Å². The van der Waals surface area contributed by atoms with Gasteiger partial charge in [-0.1, -0.05) is 12.0 Å². The average Bonchev–Trinajstić information content (AvgIpc) is 2.35. The lowest BCUT2D eigenvalue weighted by Crippen LogP contribution is -2.29. The van der Waals surface area contributed by atoms with Gasteiger partial charge in [0.05, 0.1) is 11.0 Å². The molecule has 4 nitrogen and oxygen atoms in total. The van der Waals surface area contributed by atoms with Gasteiger partial charge in [-0.05, 0) is 40.7 Å². The van der Waals surface area contributed by atoms with E-state index in [1.165, 1.54) is 0 Å². The van der Waals surface area contributed by atoms with Gasteiger partial charge in [0.25, 0.3) is 5.91 Å². The molecule has 0 saturated heterocycles. The van der Waals surface area contributed by atoms with Crippen molar-refractivity contribution in [3.05, 3.63) is 28.2 Å². The van der Waals surface area contributed by atoms with Gasteiger partial charge in [0.1, 0.15) is 5.75 Å². The van der Waals surface area contributed by atoms with Crippen molar-refractivity contribution in [3.8, 4) is 18.1 Å². The van der Waals surface area contributed by atoms with Crippen LogP contribution in [0.25, 0.3) is 0 Å². The maximum Gasteiger partial charge on any atom is 0.258 e. The Labute approximate surface area is 115 Å². The van der Waals surface area contributed by atoms with Crippen LogP contribution >= 0.6 is 15.9 Å². The van der Waals surface area contributed by atoms with Crippen LogP contribution in [0.1, 0.15) is 5.56 Å². The third kappa shape index (κ3) is 4.78. The first kappa shape index (κ1) is 14.6. The van der Waals surface area contributed by atoms with Crippen molar-refractivity contribution in [3.63, 3.8) is 0 Å². The van der Waals surface area contributed by atoms with Crippen LogP contribution in [-0.2, 0) is 11.3 Å². The third-order valence-corrected chi connectivity index (χ3v) is 2.74. The lowest BCUT2D eigenvalue weighted by atomic mass is 10.2. The molecule has 0 aromatic heterocycles. The molecule has 0 aliphatic rings. The van der Waals surface area contributed by atoms with E-state index in [9.17, 15) is 4.79 Å². The minimum atomic E-state index is -0.237. The van der Waals surface area contributed by atoms with Gasteiger partial charge in [-0.25, -0.2) is 0 Å². The number of ether oxygens (including phenoxy) is 1. The Morgan fingerprint density at radius 2 is 2.33 bits per heavy atom. The molecule has 0 heterocycles. The maximum absolute atomic E-state index is 11.3. The second kappa shape index (κ2) is 7.75. The first-order valence-electron chi connectivity index (χ1n) is 5.43. The Kier molecular flexibility index (Phi) is 6.26. The highest BCUT2D eigenvalue weighted by molar-refractivity contribution is 9.10. The number of benzene rings is 1. The van der Waals surface area contributed by atoms with E-state index in [0.717, 1.165) is 16.6 Å². The lowest BCUT2D eigenvalue weighted by Gasteiger charge is -2.09. The number of nitrogens with one attached hydrogen (secondary N) is 2. The molecule has 0 radical (unpaired) electrons. The highest BCUT2D eigenvalue weighted by Gasteiger charge is 2.05. The second-order valence-corrected chi connectivity index (χ2v) is 4.42. The Balaban J connectivity index is 2.52. The van der Waals surface area contributed by atoms with Gasteiger partial charge in [0.2, 0.25) is 0 Å². The zero-order valence-electron chi connectivity index (χ0n) is 10.1. The van der Waals surface area contributed by atoms with Gasteiger partial charge in [-0.15, -0.1) is 6.42 Å². The van der Waals surface area contributed by atoms with E-state index in [4.69, 9.17) is 11.2 Å². The molecule has 5 heteroatoms. The van der Waals surface area contributed by atoms with Crippen molar-refractivity contribution < 1.29 is 9.53 Å². The van der Waals surface area contributed by atoms with Crippen LogP contribution in [0.3, 0.4) is 0 Å². The van der Waals surface area contributed by atoms with Crippen LogP contribution in [0, 0.1) is 12.3 Å². The fourth-order valence-electron chi connectivity index (χ4n) is 1.32. The number of carbonyl (C=O) groups excluding carboxylic acids is 1. The molecule has 0 atom stereocenters. The second-order valence-electron chi connectivity index (χ2n) is 3.56. The summed E-state index contributed by atoms with van der Waals surface area (Å²) >= 11 is 3.40. The molecule has 0 aliphatic carbocycles. The Morgan fingerprint density at radius 1 is 1.56 bits per heavy atom. The summed E-state index contributed by atoms with van der Waals surface area (Å²) in [6.07, 6.45) is 5.03. The van der Waals surface area contributed by atoms with Crippen LogP contribution in [0.2, 0.25) is 0 Å². The molecule has 0 saturated carbocycles. The maximum atomic E-state index is 11.3. The van der Waals surface area contributed by atoms with E-state index in [2.05, 4.69) is 32.5 Å². The summed E-state index contributed by atoms with van der Waals surface area (Å²) in [6.45, 7) is 0.942. The molecule has 0 aliphatic heterocycles. The summed E-state index contributed by atoms with van der Waals surface area (Å²) in [5, 5.41) is 5.59. The van der Waals surface area contributed by atoms with E-state index in [-0.39, 0.29) is 19.1 Å². The highest BCUT2D eigenvalue weighted by Crippen LogP contribution is 2.25. The van der Waals surface area contributed by atoms with E-state index in [1.54, 1.807) is 0 Å². The molecule has 18 heavy (non-hydrogen) atoms. The molecule has 1 rings (SSSR count). The van der Waals surface area contributed by atoms with Crippen molar-refractivity contribution in [1.29, 1.82) is 0 Å². The zero-order valence-corrected chi connectivity index (χ0v) is 11.7. The Bertz CT molecular complexity index is 455. The Morgan fingerprint density at radius 3 is 2.94 bits per heavy atom. The number of rotatable bonds is 6. The molecule has 0 unspecified atom stereocenters. The normalized spacial score (nSPS) is 9.61. The van der Waals surface area contributed by atoms with Crippen molar-refractivity contribution in [2.24, 2.45) is 0 Å². The van der Waals surface area contributed by atoms with Gasteiger partial charge in [0, 0.05) is 6.54 Å². The molecule has 1 aromatic rings. The SMILES string of the molecule is C#CCNC(=O)COc1ccc(CNC)cc1Br. The zero-order chi connectivity index (χ0) is 13.4. The summed E-state index contributed by atoms with van der Waals surface area (Å²) in [4.78, 5) is 11.3. The summed E-state index contributed by atoms with van der Waals surface area (Å²) in [6, 6.07) is 5.71. The largest absolute Gasteiger partial charge is 0.483 e. The number of hydrogen-bond acceptors (Lipinski definition) is 3. The van der Waals surface area contributed by atoms with Crippen molar-refractivity contribution in [2.75, 3.05) is 20.2 Å².